The normalized spacial score (nSPS) is 10.6. The van der Waals surface area contributed by atoms with Gasteiger partial charge in [0.15, 0.2) is 0 Å². The number of ether oxygens (including phenoxy) is 3. The molecule has 2 aromatic rings. The summed E-state index contributed by atoms with van der Waals surface area (Å²) in [6, 6.07) is 14.2. The zero-order chi connectivity index (χ0) is 20.7. The van der Waals surface area contributed by atoms with Gasteiger partial charge in [-0.2, -0.15) is 0 Å². The lowest BCUT2D eigenvalue weighted by Gasteiger charge is -2.09. The van der Waals surface area contributed by atoms with Crippen LogP contribution in [0.25, 0.3) is 0 Å². The Hall–Kier alpha value is -2.49. The Labute approximate surface area is 175 Å². The quantitative estimate of drug-likeness (QED) is 0.199. The molecule has 0 N–H and O–H groups in total. The summed E-state index contributed by atoms with van der Waals surface area (Å²) in [5.74, 6) is 1.67. The Kier molecular flexibility index (Phi) is 10.7. The molecule has 4 nitrogen and oxygen atoms in total. The van der Waals surface area contributed by atoms with E-state index < -0.39 is 0 Å². The molecule has 0 amide bonds. The van der Waals surface area contributed by atoms with Crippen LogP contribution < -0.4 is 14.2 Å². The zero-order valence-corrected chi connectivity index (χ0v) is 17.8. The van der Waals surface area contributed by atoms with Crippen LogP contribution in [0.1, 0.15) is 75.6 Å². The maximum Gasteiger partial charge on any atom is 0.343 e. The predicted octanol–water partition coefficient (Wildman–Crippen LogP) is 6.82. The van der Waals surface area contributed by atoms with Crippen LogP contribution in [-0.4, -0.2) is 19.2 Å². The summed E-state index contributed by atoms with van der Waals surface area (Å²) < 4.78 is 16.7. The van der Waals surface area contributed by atoms with Gasteiger partial charge in [-0.1, -0.05) is 52.4 Å². The van der Waals surface area contributed by atoms with Crippen molar-refractivity contribution in [3.8, 4) is 17.2 Å². The fourth-order valence-corrected chi connectivity index (χ4v) is 2.93. The highest BCUT2D eigenvalue weighted by atomic mass is 16.5. The van der Waals surface area contributed by atoms with E-state index in [4.69, 9.17) is 14.2 Å². The van der Waals surface area contributed by atoms with Crippen LogP contribution in [0, 0.1) is 0 Å². The van der Waals surface area contributed by atoms with Gasteiger partial charge in [0.25, 0.3) is 0 Å². The van der Waals surface area contributed by atoms with Crippen molar-refractivity contribution in [3.05, 3.63) is 54.1 Å². The molecule has 0 spiro atoms. The average Bonchev–Trinajstić information content (AvgIpc) is 2.75. The summed E-state index contributed by atoms with van der Waals surface area (Å²) in [5, 5.41) is 0. The van der Waals surface area contributed by atoms with E-state index in [1.165, 1.54) is 38.5 Å². The highest BCUT2D eigenvalue weighted by Gasteiger charge is 2.09. The lowest BCUT2D eigenvalue weighted by molar-refractivity contribution is 0.0734. The molecule has 0 heterocycles. The van der Waals surface area contributed by atoms with E-state index in [9.17, 15) is 4.79 Å². The molecule has 0 aliphatic rings. The van der Waals surface area contributed by atoms with Crippen molar-refractivity contribution in [1.29, 1.82) is 0 Å². The highest BCUT2D eigenvalue weighted by molar-refractivity contribution is 5.91. The van der Waals surface area contributed by atoms with Gasteiger partial charge in [-0.15, -0.1) is 0 Å². The van der Waals surface area contributed by atoms with E-state index in [-0.39, 0.29) is 5.97 Å². The Morgan fingerprint density at radius 3 is 1.76 bits per heavy atom. The van der Waals surface area contributed by atoms with Crippen LogP contribution in [0.5, 0.6) is 17.2 Å². The van der Waals surface area contributed by atoms with E-state index in [1.807, 2.05) is 12.1 Å². The summed E-state index contributed by atoms with van der Waals surface area (Å²) in [7, 11) is 0. The van der Waals surface area contributed by atoms with Gasteiger partial charge in [0.1, 0.15) is 17.2 Å². The van der Waals surface area contributed by atoms with Crippen molar-refractivity contribution in [1.82, 2.24) is 0 Å². The standard InChI is InChI=1S/C25H34O4/c1-3-5-6-7-8-9-10-20-28-23-15-17-24(18-16-23)29-25(26)21-11-13-22(14-12-21)27-19-4-2/h11-18H,3-10,19-20H2,1-2H3. The number of carbonyl (C=O) groups is 1. The molecule has 2 aromatic carbocycles. The summed E-state index contributed by atoms with van der Waals surface area (Å²) in [5.41, 5.74) is 0.494. The zero-order valence-electron chi connectivity index (χ0n) is 17.8. The maximum absolute atomic E-state index is 12.3. The summed E-state index contributed by atoms with van der Waals surface area (Å²) in [6.07, 6.45) is 9.80. The second-order valence-electron chi connectivity index (χ2n) is 7.20. The van der Waals surface area contributed by atoms with Crippen molar-refractivity contribution < 1.29 is 19.0 Å². The van der Waals surface area contributed by atoms with Crippen LogP contribution in [0.2, 0.25) is 0 Å². The minimum Gasteiger partial charge on any atom is -0.494 e. The number of rotatable bonds is 14. The molecule has 0 saturated heterocycles. The minimum atomic E-state index is -0.385. The van der Waals surface area contributed by atoms with Crippen molar-refractivity contribution in [3.63, 3.8) is 0 Å². The summed E-state index contributed by atoms with van der Waals surface area (Å²) in [4.78, 5) is 12.3. The topological polar surface area (TPSA) is 44.8 Å². The number of carbonyl (C=O) groups excluding carboxylic acids is 1. The minimum absolute atomic E-state index is 0.385. The molecular weight excluding hydrogens is 364 g/mol. The fraction of sp³-hybridized carbons (Fsp3) is 0.480. The predicted molar refractivity (Wildman–Crippen MR) is 117 cm³/mol. The van der Waals surface area contributed by atoms with Crippen molar-refractivity contribution in [2.45, 2.75) is 65.2 Å². The van der Waals surface area contributed by atoms with E-state index in [0.29, 0.717) is 17.9 Å². The lowest BCUT2D eigenvalue weighted by atomic mass is 10.1. The second kappa shape index (κ2) is 13.6. The summed E-state index contributed by atoms with van der Waals surface area (Å²) >= 11 is 0. The molecule has 158 valence electrons. The van der Waals surface area contributed by atoms with Crippen LogP contribution in [0.4, 0.5) is 0 Å². The first-order valence-electron chi connectivity index (χ1n) is 10.9. The lowest BCUT2D eigenvalue weighted by Crippen LogP contribution is -2.08. The second-order valence-corrected chi connectivity index (χ2v) is 7.20. The Balaban J connectivity index is 1.69. The van der Waals surface area contributed by atoms with Gasteiger partial charge < -0.3 is 14.2 Å². The van der Waals surface area contributed by atoms with Gasteiger partial charge in [-0.25, -0.2) is 4.79 Å². The van der Waals surface area contributed by atoms with E-state index in [0.717, 1.165) is 30.9 Å². The van der Waals surface area contributed by atoms with Gasteiger partial charge in [-0.05, 0) is 61.4 Å². The molecule has 0 aromatic heterocycles. The molecule has 0 fully saturated rings. The number of hydrogen-bond acceptors (Lipinski definition) is 4. The molecule has 0 radical (unpaired) electrons. The van der Waals surface area contributed by atoms with Gasteiger partial charge in [0.2, 0.25) is 0 Å². The molecule has 0 aliphatic carbocycles. The van der Waals surface area contributed by atoms with Crippen molar-refractivity contribution in [2.24, 2.45) is 0 Å². The average molecular weight is 399 g/mol. The maximum atomic E-state index is 12.3. The number of benzene rings is 2. The third-order valence-electron chi connectivity index (χ3n) is 4.61. The molecule has 2 rings (SSSR count). The molecule has 0 unspecified atom stereocenters. The van der Waals surface area contributed by atoms with Gasteiger partial charge in [-0.3, -0.25) is 0 Å². The van der Waals surface area contributed by atoms with E-state index in [1.54, 1.807) is 36.4 Å². The largest absolute Gasteiger partial charge is 0.494 e. The summed E-state index contributed by atoms with van der Waals surface area (Å²) in [6.45, 7) is 5.68. The Morgan fingerprint density at radius 2 is 1.14 bits per heavy atom. The van der Waals surface area contributed by atoms with Crippen molar-refractivity contribution in [2.75, 3.05) is 13.2 Å². The third kappa shape index (κ3) is 9.03. The highest BCUT2D eigenvalue weighted by Crippen LogP contribution is 2.20. The van der Waals surface area contributed by atoms with Gasteiger partial charge >= 0.3 is 5.97 Å². The van der Waals surface area contributed by atoms with Crippen LogP contribution >= 0.6 is 0 Å². The van der Waals surface area contributed by atoms with Crippen LogP contribution in [0.15, 0.2) is 48.5 Å². The molecule has 0 aliphatic heterocycles. The van der Waals surface area contributed by atoms with Gasteiger partial charge in [0.05, 0.1) is 18.8 Å². The number of esters is 1. The van der Waals surface area contributed by atoms with E-state index >= 15 is 0 Å². The smallest absolute Gasteiger partial charge is 0.343 e. The molecule has 4 heteroatoms. The third-order valence-corrected chi connectivity index (χ3v) is 4.61. The van der Waals surface area contributed by atoms with Crippen molar-refractivity contribution >= 4 is 5.97 Å². The molecule has 0 atom stereocenters. The molecular formula is C25H34O4. The van der Waals surface area contributed by atoms with Crippen LogP contribution in [-0.2, 0) is 0 Å². The fourth-order valence-electron chi connectivity index (χ4n) is 2.93. The monoisotopic (exact) mass is 398 g/mol. The molecule has 0 bridgehead atoms. The Morgan fingerprint density at radius 1 is 0.621 bits per heavy atom. The Bertz CT molecular complexity index is 692. The van der Waals surface area contributed by atoms with Crippen LogP contribution in [0.3, 0.4) is 0 Å². The van der Waals surface area contributed by atoms with E-state index in [2.05, 4.69) is 13.8 Å². The first-order valence-corrected chi connectivity index (χ1v) is 10.9. The van der Waals surface area contributed by atoms with Gasteiger partial charge in [0, 0.05) is 0 Å². The molecule has 0 saturated carbocycles. The first-order chi connectivity index (χ1) is 14.2. The number of hydrogen-bond donors (Lipinski definition) is 0. The number of unbranched alkanes of at least 4 members (excludes halogenated alkanes) is 6. The SMILES string of the molecule is CCCCCCCCCOc1ccc(OC(=O)c2ccc(OCCC)cc2)cc1. The molecule has 29 heavy (non-hydrogen) atoms. The first kappa shape index (κ1) is 22.8.